The number of benzene rings is 4. The van der Waals surface area contributed by atoms with Gasteiger partial charge in [0.25, 0.3) is 5.91 Å². The summed E-state index contributed by atoms with van der Waals surface area (Å²) in [6.45, 7) is 5.95. The molecule has 11 nitrogen and oxygen atoms in total. The van der Waals surface area contributed by atoms with Gasteiger partial charge in [-0.3, -0.25) is 4.79 Å². The number of rotatable bonds is 8. The third-order valence-corrected chi connectivity index (χ3v) is 11.1. The summed E-state index contributed by atoms with van der Waals surface area (Å²) >= 11 is 0. The molecule has 3 amide bonds. The average Bonchev–Trinajstić information content (AvgIpc) is 3.13. The zero-order valence-electron chi connectivity index (χ0n) is 29.6. The minimum absolute atomic E-state index is 0.0733. The number of aliphatic hydroxyl groups is 1. The summed E-state index contributed by atoms with van der Waals surface area (Å²) in [4.78, 5) is 29.4. The van der Waals surface area contributed by atoms with E-state index >= 15 is 0 Å². The number of nitrogens with one attached hydrogen (secondary N) is 2. The zero-order valence-corrected chi connectivity index (χ0v) is 30.4. The van der Waals surface area contributed by atoms with Gasteiger partial charge in [-0.25, -0.2) is 13.2 Å². The standard InChI is InChI=1S/C39H48N4O7S/c1-27-24-43(28(2)26-44)38(45)34-23-31(40-39(46)41-35-19-12-15-30-14-8-9-18-33(30)35)20-21-36(34)50-29(3)13-10-11-22-49-37(27)25-42(4)51(47,48)32-16-6-5-7-17-32/h5-9,12,14-21,23,27-29,37,44H,10-11,13,22,24-26H2,1-4H3,(H2,40,41,46)/t27-,28+,29+,37-/m0/s1. The molecule has 4 aromatic carbocycles. The molecular weight excluding hydrogens is 669 g/mol. The first-order valence-corrected chi connectivity index (χ1v) is 18.8. The van der Waals surface area contributed by atoms with Crippen LogP contribution in [0.1, 0.15) is 50.4 Å². The van der Waals surface area contributed by atoms with E-state index in [4.69, 9.17) is 9.47 Å². The molecule has 4 aromatic rings. The molecule has 0 spiro atoms. The molecule has 0 bridgehead atoms. The lowest BCUT2D eigenvalue weighted by atomic mass is 10.0. The number of hydrogen-bond acceptors (Lipinski definition) is 7. The molecule has 51 heavy (non-hydrogen) atoms. The third kappa shape index (κ3) is 9.44. The van der Waals surface area contributed by atoms with Crippen molar-refractivity contribution < 1.29 is 32.6 Å². The molecule has 1 aliphatic rings. The van der Waals surface area contributed by atoms with E-state index in [-0.39, 0.29) is 42.2 Å². The number of likely N-dealkylation sites (N-methyl/N-ethyl adjacent to an activating group) is 1. The molecule has 4 atom stereocenters. The van der Waals surface area contributed by atoms with E-state index in [0.717, 1.165) is 23.6 Å². The maximum Gasteiger partial charge on any atom is 0.323 e. The van der Waals surface area contributed by atoms with E-state index in [2.05, 4.69) is 10.6 Å². The van der Waals surface area contributed by atoms with Gasteiger partial charge >= 0.3 is 6.03 Å². The van der Waals surface area contributed by atoms with Crippen molar-refractivity contribution >= 4 is 44.1 Å². The first kappa shape index (κ1) is 37.8. The Balaban J connectivity index is 1.42. The molecule has 0 unspecified atom stereocenters. The highest BCUT2D eigenvalue weighted by Gasteiger charge is 2.32. The molecule has 5 rings (SSSR count). The van der Waals surface area contributed by atoms with Crippen molar-refractivity contribution in [2.24, 2.45) is 5.92 Å². The Morgan fingerprint density at radius 1 is 0.980 bits per heavy atom. The largest absolute Gasteiger partial charge is 0.490 e. The normalized spacial score (nSPS) is 19.8. The fourth-order valence-corrected chi connectivity index (χ4v) is 7.41. The van der Waals surface area contributed by atoms with E-state index in [1.54, 1.807) is 60.4 Å². The number of urea groups is 1. The van der Waals surface area contributed by atoms with Crippen LogP contribution in [0, 0.1) is 5.92 Å². The summed E-state index contributed by atoms with van der Waals surface area (Å²) in [5.41, 5.74) is 1.26. The second kappa shape index (κ2) is 17.1. The molecule has 0 saturated heterocycles. The fraction of sp³-hybridized carbons (Fsp3) is 0.385. The van der Waals surface area contributed by atoms with Crippen LogP contribution in [0.2, 0.25) is 0 Å². The molecule has 0 fully saturated rings. The van der Waals surface area contributed by atoms with Gasteiger partial charge in [0.1, 0.15) is 5.75 Å². The van der Waals surface area contributed by atoms with Crippen LogP contribution >= 0.6 is 0 Å². The number of sulfonamides is 1. The number of nitrogens with zero attached hydrogens (tertiary/aromatic N) is 2. The molecule has 0 saturated carbocycles. The van der Waals surface area contributed by atoms with E-state index in [9.17, 15) is 23.1 Å². The van der Waals surface area contributed by atoms with Gasteiger partial charge < -0.3 is 30.1 Å². The van der Waals surface area contributed by atoms with Gasteiger partial charge in [0.15, 0.2) is 0 Å². The van der Waals surface area contributed by atoms with Crippen molar-refractivity contribution in [1.82, 2.24) is 9.21 Å². The number of aliphatic hydroxyl groups excluding tert-OH is 1. The second-order valence-corrected chi connectivity index (χ2v) is 15.3. The Morgan fingerprint density at radius 3 is 2.47 bits per heavy atom. The highest BCUT2D eigenvalue weighted by atomic mass is 32.2. The molecule has 3 N–H and O–H groups in total. The van der Waals surface area contributed by atoms with Crippen molar-refractivity contribution in [3.8, 4) is 5.75 Å². The number of anilines is 2. The van der Waals surface area contributed by atoms with E-state index in [0.29, 0.717) is 30.2 Å². The maximum atomic E-state index is 14.5. The van der Waals surface area contributed by atoms with Gasteiger partial charge in [-0.05, 0) is 74.9 Å². The summed E-state index contributed by atoms with van der Waals surface area (Å²) in [6.07, 6.45) is 1.46. The summed E-state index contributed by atoms with van der Waals surface area (Å²) < 4.78 is 40.8. The maximum absolute atomic E-state index is 14.5. The van der Waals surface area contributed by atoms with E-state index in [1.165, 1.54) is 11.4 Å². The molecule has 1 aliphatic heterocycles. The zero-order chi connectivity index (χ0) is 36.5. The Labute approximate surface area is 300 Å². The lowest BCUT2D eigenvalue weighted by Gasteiger charge is -2.35. The highest BCUT2D eigenvalue weighted by molar-refractivity contribution is 7.89. The van der Waals surface area contributed by atoms with Crippen molar-refractivity contribution in [3.05, 3.63) is 96.6 Å². The van der Waals surface area contributed by atoms with Crippen molar-refractivity contribution in [2.45, 2.75) is 63.2 Å². The Hall–Kier alpha value is -4.49. The smallest absolute Gasteiger partial charge is 0.323 e. The Morgan fingerprint density at radius 2 is 1.71 bits per heavy atom. The molecular formula is C39H48N4O7S. The number of ether oxygens (including phenoxy) is 2. The first-order valence-electron chi connectivity index (χ1n) is 17.4. The molecule has 272 valence electrons. The molecule has 0 aromatic heterocycles. The highest BCUT2D eigenvalue weighted by Crippen LogP contribution is 2.29. The number of amides is 3. The quantitative estimate of drug-likeness (QED) is 0.187. The number of fused-ring (bicyclic) bond motifs is 2. The molecule has 1 heterocycles. The minimum atomic E-state index is -3.78. The van der Waals surface area contributed by atoms with Crippen LogP contribution < -0.4 is 15.4 Å². The lowest BCUT2D eigenvalue weighted by Crippen LogP contribution is -2.48. The van der Waals surface area contributed by atoms with Crippen LogP contribution in [0.15, 0.2) is 95.9 Å². The van der Waals surface area contributed by atoms with Crippen LogP contribution in [0.3, 0.4) is 0 Å². The predicted octanol–water partition coefficient (Wildman–Crippen LogP) is 6.60. The number of hydrogen-bond donors (Lipinski definition) is 3. The second-order valence-electron chi connectivity index (χ2n) is 13.2. The van der Waals surface area contributed by atoms with Gasteiger partial charge in [0, 0.05) is 43.7 Å². The van der Waals surface area contributed by atoms with Crippen LogP contribution in [-0.4, -0.2) is 86.3 Å². The number of carbonyl (C=O) groups is 2. The Kier molecular flexibility index (Phi) is 12.7. The monoisotopic (exact) mass is 716 g/mol. The van der Waals surface area contributed by atoms with Gasteiger partial charge in [0.2, 0.25) is 10.0 Å². The molecule has 12 heteroatoms. The van der Waals surface area contributed by atoms with Crippen molar-refractivity contribution in [1.29, 1.82) is 0 Å². The summed E-state index contributed by atoms with van der Waals surface area (Å²) in [5.74, 6) is -0.353. The molecule has 0 aliphatic carbocycles. The van der Waals surface area contributed by atoms with Crippen LogP contribution in [0.25, 0.3) is 10.8 Å². The van der Waals surface area contributed by atoms with Gasteiger partial charge in [-0.15, -0.1) is 0 Å². The summed E-state index contributed by atoms with van der Waals surface area (Å²) in [7, 11) is -2.25. The fourth-order valence-electron chi connectivity index (χ4n) is 6.21. The van der Waals surface area contributed by atoms with Gasteiger partial charge in [-0.1, -0.05) is 61.5 Å². The van der Waals surface area contributed by atoms with Crippen molar-refractivity contribution in [3.63, 3.8) is 0 Å². The lowest BCUT2D eigenvalue weighted by molar-refractivity contribution is -0.00833. The predicted molar refractivity (Wildman–Crippen MR) is 200 cm³/mol. The third-order valence-electron chi connectivity index (χ3n) is 9.24. The van der Waals surface area contributed by atoms with Crippen molar-refractivity contribution in [2.75, 3.05) is 44.0 Å². The van der Waals surface area contributed by atoms with Gasteiger partial charge in [-0.2, -0.15) is 4.31 Å². The van der Waals surface area contributed by atoms with E-state index < -0.39 is 34.1 Å². The number of carbonyl (C=O) groups excluding carboxylic acids is 2. The SMILES string of the molecule is C[C@@H]1CCCCO[C@@H](CN(C)S(=O)(=O)c2ccccc2)[C@@H](C)CN([C@H](C)CO)C(=O)c2cc(NC(=O)Nc3cccc4ccccc34)ccc2O1. The molecule has 0 radical (unpaired) electrons. The van der Waals surface area contributed by atoms with Crippen LogP contribution in [0.4, 0.5) is 16.2 Å². The topological polar surface area (TPSA) is 138 Å². The van der Waals surface area contributed by atoms with Crippen LogP contribution in [-0.2, 0) is 14.8 Å². The van der Waals surface area contributed by atoms with Crippen LogP contribution in [0.5, 0.6) is 5.75 Å². The summed E-state index contributed by atoms with van der Waals surface area (Å²) in [6, 6.07) is 25.6. The minimum Gasteiger partial charge on any atom is -0.490 e. The van der Waals surface area contributed by atoms with Gasteiger partial charge in [0.05, 0.1) is 41.0 Å². The summed E-state index contributed by atoms with van der Waals surface area (Å²) in [5, 5.41) is 17.9. The first-order chi connectivity index (χ1) is 24.5. The Bertz CT molecular complexity index is 1900. The average molecular weight is 717 g/mol. The van der Waals surface area contributed by atoms with E-state index in [1.807, 2.05) is 56.3 Å².